The summed E-state index contributed by atoms with van der Waals surface area (Å²) in [6, 6.07) is 24.7. The number of nitrogens with one attached hydrogen (secondary N) is 1. The first-order chi connectivity index (χ1) is 17.0. The number of rotatable bonds is 10. The van der Waals surface area contributed by atoms with Crippen LogP contribution in [0.15, 0.2) is 77.7 Å². The van der Waals surface area contributed by atoms with Gasteiger partial charge in [-0.3, -0.25) is 4.90 Å². The first kappa shape index (κ1) is 24.9. The van der Waals surface area contributed by atoms with Crippen LogP contribution in [-0.4, -0.2) is 39.2 Å². The third-order valence-corrected chi connectivity index (χ3v) is 7.83. The molecule has 0 radical (unpaired) electrons. The van der Waals surface area contributed by atoms with Gasteiger partial charge in [0, 0.05) is 6.54 Å². The van der Waals surface area contributed by atoms with Crippen molar-refractivity contribution in [1.29, 1.82) is 5.26 Å². The summed E-state index contributed by atoms with van der Waals surface area (Å²) in [5.74, 6) is 0.802. The van der Waals surface area contributed by atoms with Gasteiger partial charge in [0.05, 0.1) is 29.3 Å². The number of ether oxygens (including phenoxy) is 1. The minimum absolute atomic E-state index is 0.183. The standard InChI is InChI=1S/C28H31N3O3S/c1-2-22-8-16-27(17-9-22)35(32,33)30-28-5-3-18-31(28)19-4-20-34-26-14-12-25(13-15-26)24-10-6-23(21-29)7-11-24/h6-17,28,30H,2-5,18-20H2,1H3. The Morgan fingerprint density at radius 2 is 1.66 bits per heavy atom. The van der Waals surface area contributed by atoms with Gasteiger partial charge in [-0.2, -0.15) is 9.98 Å². The normalized spacial score (nSPS) is 16.2. The first-order valence-corrected chi connectivity index (χ1v) is 13.6. The zero-order chi connectivity index (χ0) is 24.7. The Morgan fingerprint density at radius 3 is 2.29 bits per heavy atom. The topological polar surface area (TPSA) is 82.4 Å². The van der Waals surface area contributed by atoms with Crippen molar-refractivity contribution in [3.63, 3.8) is 0 Å². The van der Waals surface area contributed by atoms with Crippen LogP contribution in [-0.2, 0) is 16.4 Å². The molecule has 0 spiro atoms. The molecule has 182 valence electrons. The average Bonchev–Trinajstić information content (AvgIpc) is 3.33. The van der Waals surface area contributed by atoms with E-state index < -0.39 is 10.0 Å². The molecule has 1 saturated heterocycles. The second-order valence-electron chi connectivity index (χ2n) is 8.73. The number of nitrogens with zero attached hydrogens (tertiary/aromatic N) is 2. The number of benzene rings is 3. The monoisotopic (exact) mass is 489 g/mol. The number of sulfonamides is 1. The summed E-state index contributed by atoms with van der Waals surface area (Å²) < 4.78 is 34.5. The van der Waals surface area contributed by atoms with Crippen LogP contribution in [0.3, 0.4) is 0 Å². The SMILES string of the molecule is CCc1ccc(S(=O)(=O)NC2CCCN2CCCOc2ccc(-c3ccc(C#N)cc3)cc2)cc1. The summed E-state index contributed by atoms with van der Waals surface area (Å²) in [6.45, 7) is 4.26. The van der Waals surface area contributed by atoms with Gasteiger partial charge in [-0.05, 0) is 85.3 Å². The summed E-state index contributed by atoms with van der Waals surface area (Å²) in [5.41, 5.74) is 3.89. The minimum atomic E-state index is -3.54. The highest BCUT2D eigenvalue weighted by Crippen LogP contribution is 2.23. The number of likely N-dealkylation sites (tertiary alicyclic amines) is 1. The van der Waals surface area contributed by atoms with E-state index in [0.717, 1.165) is 61.2 Å². The van der Waals surface area contributed by atoms with Gasteiger partial charge in [-0.1, -0.05) is 43.3 Å². The molecule has 35 heavy (non-hydrogen) atoms. The number of hydrogen-bond donors (Lipinski definition) is 1. The Hall–Kier alpha value is -3.18. The Kier molecular flexibility index (Phi) is 8.19. The molecule has 0 bridgehead atoms. The van der Waals surface area contributed by atoms with Gasteiger partial charge < -0.3 is 4.74 Å². The molecule has 3 aromatic carbocycles. The quantitative estimate of drug-likeness (QED) is 0.407. The van der Waals surface area contributed by atoms with Crippen LogP contribution < -0.4 is 9.46 Å². The van der Waals surface area contributed by atoms with Crippen LogP contribution in [0, 0.1) is 11.3 Å². The fraction of sp³-hybridized carbons (Fsp3) is 0.321. The van der Waals surface area contributed by atoms with Gasteiger partial charge in [0.15, 0.2) is 0 Å². The Labute approximate surface area is 208 Å². The maximum absolute atomic E-state index is 12.8. The van der Waals surface area contributed by atoms with Crippen LogP contribution in [0.4, 0.5) is 0 Å². The molecule has 1 atom stereocenters. The van der Waals surface area contributed by atoms with Crippen molar-refractivity contribution in [2.75, 3.05) is 19.7 Å². The molecule has 1 unspecified atom stereocenters. The van der Waals surface area contributed by atoms with Crippen molar-refractivity contribution in [1.82, 2.24) is 9.62 Å². The lowest BCUT2D eigenvalue weighted by Crippen LogP contribution is -2.44. The Morgan fingerprint density at radius 1 is 1.00 bits per heavy atom. The van der Waals surface area contributed by atoms with E-state index in [1.165, 1.54) is 0 Å². The fourth-order valence-electron chi connectivity index (χ4n) is 4.32. The van der Waals surface area contributed by atoms with Crippen LogP contribution in [0.2, 0.25) is 0 Å². The van der Waals surface area contributed by atoms with Gasteiger partial charge in [0.25, 0.3) is 0 Å². The van der Waals surface area contributed by atoms with Crippen molar-refractivity contribution in [3.05, 3.63) is 83.9 Å². The molecular weight excluding hydrogens is 458 g/mol. The molecule has 4 rings (SSSR count). The van der Waals surface area contributed by atoms with Crippen LogP contribution in [0.25, 0.3) is 11.1 Å². The van der Waals surface area contributed by atoms with Crippen LogP contribution in [0.1, 0.15) is 37.3 Å². The first-order valence-electron chi connectivity index (χ1n) is 12.1. The van der Waals surface area contributed by atoms with Gasteiger partial charge in [0.1, 0.15) is 5.75 Å². The molecule has 1 fully saturated rings. The number of hydrogen-bond acceptors (Lipinski definition) is 5. The predicted octanol–water partition coefficient (Wildman–Crippen LogP) is 4.96. The lowest BCUT2D eigenvalue weighted by Gasteiger charge is -2.25. The highest BCUT2D eigenvalue weighted by Gasteiger charge is 2.28. The molecule has 1 heterocycles. The molecule has 6 nitrogen and oxygen atoms in total. The third-order valence-electron chi connectivity index (χ3n) is 6.36. The van der Waals surface area contributed by atoms with Gasteiger partial charge in [0.2, 0.25) is 10.0 Å². The second kappa shape index (κ2) is 11.5. The summed E-state index contributed by atoms with van der Waals surface area (Å²) in [7, 11) is -3.54. The minimum Gasteiger partial charge on any atom is -0.494 e. The molecule has 1 N–H and O–H groups in total. The predicted molar refractivity (Wildman–Crippen MR) is 137 cm³/mol. The highest BCUT2D eigenvalue weighted by molar-refractivity contribution is 7.89. The lowest BCUT2D eigenvalue weighted by atomic mass is 10.0. The molecule has 1 aliphatic rings. The van der Waals surface area contributed by atoms with E-state index in [-0.39, 0.29) is 6.17 Å². The van der Waals surface area contributed by atoms with E-state index in [1.54, 1.807) is 12.1 Å². The van der Waals surface area contributed by atoms with Crippen molar-refractivity contribution >= 4 is 10.0 Å². The van der Waals surface area contributed by atoms with E-state index in [4.69, 9.17) is 10.00 Å². The van der Waals surface area contributed by atoms with Crippen LogP contribution in [0.5, 0.6) is 5.75 Å². The molecule has 1 aliphatic heterocycles. The van der Waals surface area contributed by atoms with E-state index in [9.17, 15) is 8.42 Å². The number of aryl methyl sites for hydroxylation is 1. The van der Waals surface area contributed by atoms with Crippen molar-refractivity contribution < 1.29 is 13.2 Å². The average molecular weight is 490 g/mol. The number of nitriles is 1. The van der Waals surface area contributed by atoms with E-state index in [1.807, 2.05) is 67.6 Å². The van der Waals surface area contributed by atoms with Crippen molar-refractivity contribution in [3.8, 4) is 22.9 Å². The van der Waals surface area contributed by atoms with Gasteiger partial charge >= 0.3 is 0 Å². The van der Waals surface area contributed by atoms with E-state index >= 15 is 0 Å². The highest BCUT2D eigenvalue weighted by atomic mass is 32.2. The fourth-order valence-corrected chi connectivity index (χ4v) is 5.57. The summed E-state index contributed by atoms with van der Waals surface area (Å²) in [5, 5.41) is 8.94. The lowest BCUT2D eigenvalue weighted by molar-refractivity contribution is 0.214. The molecule has 0 aliphatic carbocycles. The Bertz CT molecular complexity index is 1250. The maximum atomic E-state index is 12.8. The second-order valence-corrected chi connectivity index (χ2v) is 10.4. The molecule has 7 heteroatoms. The zero-order valence-electron chi connectivity index (χ0n) is 20.0. The molecular formula is C28H31N3O3S. The van der Waals surface area contributed by atoms with E-state index in [2.05, 4.69) is 15.7 Å². The van der Waals surface area contributed by atoms with Crippen molar-refractivity contribution in [2.24, 2.45) is 0 Å². The molecule has 0 aromatic heterocycles. The Balaban J connectivity index is 1.25. The van der Waals surface area contributed by atoms with Crippen molar-refractivity contribution in [2.45, 2.75) is 43.7 Å². The summed E-state index contributed by atoms with van der Waals surface area (Å²) in [4.78, 5) is 2.50. The third kappa shape index (κ3) is 6.49. The maximum Gasteiger partial charge on any atom is 0.241 e. The molecule has 0 saturated carbocycles. The van der Waals surface area contributed by atoms with Gasteiger partial charge in [-0.15, -0.1) is 0 Å². The van der Waals surface area contributed by atoms with E-state index in [0.29, 0.717) is 17.1 Å². The largest absolute Gasteiger partial charge is 0.494 e. The molecule has 0 amide bonds. The zero-order valence-corrected chi connectivity index (χ0v) is 20.8. The summed E-state index contributed by atoms with van der Waals surface area (Å²) in [6.07, 6.45) is 3.29. The van der Waals surface area contributed by atoms with Gasteiger partial charge in [-0.25, -0.2) is 8.42 Å². The smallest absolute Gasteiger partial charge is 0.241 e. The van der Waals surface area contributed by atoms with Crippen LogP contribution >= 0.6 is 0 Å². The molecule has 3 aromatic rings. The summed E-state index contributed by atoms with van der Waals surface area (Å²) >= 11 is 0.